The number of rotatable bonds is 6. The third kappa shape index (κ3) is 5.16. The van der Waals surface area contributed by atoms with Gasteiger partial charge in [-0.3, -0.25) is 0 Å². The first-order chi connectivity index (χ1) is 16.3. The Morgan fingerprint density at radius 2 is 1.32 bits per heavy atom. The standard InChI is InChI=1S/C29H34N2O2S/c1-28(2,3)33-27(32)31-21-26(19-25(31)20-30)34-29(22-13-7-4-8-14-22,23-15-9-5-10-16-23)24-17-11-6-12-18-24/h4-18,25-26H,19-21,30H2,1-3H3. The van der Waals surface area contributed by atoms with Crippen LogP contribution in [-0.2, 0) is 9.48 Å². The van der Waals surface area contributed by atoms with Gasteiger partial charge in [-0.15, -0.1) is 11.8 Å². The van der Waals surface area contributed by atoms with Crippen LogP contribution < -0.4 is 5.73 Å². The molecular weight excluding hydrogens is 440 g/mol. The molecule has 1 amide bonds. The molecule has 2 atom stereocenters. The van der Waals surface area contributed by atoms with Crippen LogP contribution in [0.3, 0.4) is 0 Å². The van der Waals surface area contributed by atoms with Crippen LogP contribution in [0.2, 0.25) is 0 Å². The van der Waals surface area contributed by atoms with Gasteiger partial charge in [0.25, 0.3) is 0 Å². The van der Waals surface area contributed by atoms with Crippen molar-refractivity contribution in [2.24, 2.45) is 5.73 Å². The smallest absolute Gasteiger partial charge is 0.410 e. The van der Waals surface area contributed by atoms with Crippen molar-refractivity contribution in [2.45, 2.75) is 48.8 Å². The molecular formula is C29H34N2O2S. The highest BCUT2D eigenvalue weighted by molar-refractivity contribution is 8.01. The fourth-order valence-corrected chi connectivity index (χ4v) is 6.57. The summed E-state index contributed by atoms with van der Waals surface area (Å²) in [6, 6.07) is 31.9. The minimum absolute atomic E-state index is 0.0348. The molecule has 4 nitrogen and oxygen atoms in total. The third-order valence-electron chi connectivity index (χ3n) is 6.16. The average molecular weight is 475 g/mol. The Morgan fingerprint density at radius 3 is 1.71 bits per heavy atom. The van der Waals surface area contributed by atoms with Crippen LogP contribution in [0.4, 0.5) is 4.79 Å². The van der Waals surface area contributed by atoms with Crippen molar-refractivity contribution in [3.63, 3.8) is 0 Å². The molecule has 5 heteroatoms. The summed E-state index contributed by atoms with van der Waals surface area (Å²) >= 11 is 1.91. The number of ether oxygens (including phenoxy) is 1. The summed E-state index contributed by atoms with van der Waals surface area (Å²) in [5, 5.41) is 0.196. The first kappa shape index (κ1) is 24.4. The second-order valence-electron chi connectivity index (χ2n) is 9.78. The molecule has 1 aliphatic heterocycles. The molecule has 1 saturated heterocycles. The molecule has 2 N–H and O–H groups in total. The van der Waals surface area contributed by atoms with Crippen molar-refractivity contribution in [3.05, 3.63) is 108 Å². The number of amides is 1. The lowest BCUT2D eigenvalue weighted by Gasteiger charge is -2.37. The van der Waals surface area contributed by atoms with Gasteiger partial charge in [-0.1, -0.05) is 91.0 Å². The first-order valence-corrected chi connectivity index (χ1v) is 12.8. The van der Waals surface area contributed by atoms with Crippen LogP contribution >= 0.6 is 11.8 Å². The van der Waals surface area contributed by atoms with Gasteiger partial charge in [0.15, 0.2) is 0 Å². The van der Waals surface area contributed by atoms with E-state index >= 15 is 0 Å². The highest BCUT2D eigenvalue weighted by Gasteiger charge is 2.44. The number of carbonyl (C=O) groups excluding carboxylic acids is 1. The van der Waals surface area contributed by atoms with Gasteiger partial charge in [0.1, 0.15) is 5.60 Å². The van der Waals surface area contributed by atoms with Crippen LogP contribution in [0.1, 0.15) is 43.9 Å². The first-order valence-electron chi connectivity index (χ1n) is 11.9. The van der Waals surface area contributed by atoms with Crippen LogP contribution in [0.15, 0.2) is 91.0 Å². The quantitative estimate of drug-likeness (QED) is 0.442. The Hall–Kier alpha value is -2.76. The molecule has 0 spiro atoms. The van der Waals surface area contributed by atoms with E-state index in [4.69, 9.17) is 10.5 Å². The van der Waals surface area contributed by atoms with E-state index in [0.29, 0.717) is 13.1 Å². The number of hydrogen-bond acceptors (Lipinski definition) is 4. The Balaban J connectivity index is 1.76. The Bertz CT molecular complexity index is 971. The maximum atomic E-state index is 13.0. The summed E-state index contributed by atoms with van der Waals surface area (Å²) in [6.07, 6.45) is 0.546. The van der Waals surface area contributed by atoms with Crippen molar-refractivity contribution in [2.75, 3.05) is 13.1 Å². The molecule has 1 aliphatic rings. The lowest BCUT2D eigenvalue weighted by Crippen LogP contribution is -2.43. The fourth-order valence-electron chi connectivity index (χ4n) is 4.70. The van der Waals surface area contributed by atoms with Crippen LogP contribution in [0, 0.1) is 0 Å². The summed E-state index contributed by atoms with van der Waals surface area (Å²) in [5.74, 6) is 0. The van der Waals surface area contributed by atoms with E-state index in [2.05, 4.69) is 91.0 Å². The molecule has 3 aromatic rings. The fraction of sp³-hybridized carbons (Fsp3) is 0.345. The van der Waals surface area contributed by atoms with E-state index in [0.717, 1.165) is 6.42 Å². The van der Waals surface area contributed by atoms with Gasteiger partial charge in [-0.25, -0.2) is 4.79 Å². The van der Waals surface area contributed by atoms with Crippen molar-refractivity contribution in [1.29, 1.82) is 0 Å². The number of nitrogens with two attached hydrogens (primary N) is 1. The minimum atomic E-state index is -0.538. The van der Waals surface area contributed by atoms with E-state index in [1.165, 1.54) is 16.7 Å². The molecule has 1 heterocycles. The molecule has 0 bridgehead atoms. The average Bonchev–Trinajstić information content (AvgIpc) is 3.26. The highest BCUT2D eigenvalue weighted by Crippen LogP contribution is 2.52. The molecule has 2 unspecified atom stereocenters. The van der Waals surface area contributed by atoms with Crippen molar-refractivity contribution in [3.8, 4) is 0 Å². The van der Waals surface area contributed by atoms with Crippen LogP contribution in [0.25, 0.3) is 0 Å². The Morgan fingerprint density at radius 1 is 0.882 bits per heavy atom. The number of benzene rings is 3. The van der Waals surface area contributed by atoms with E-state index < -0.39 is 10.3 Å². The zero-order valence-electron chi connectivity index (χ0n) is 20.2. The maximum absolute atomic E-state index is 13.0. The largest absolute Gasteiger partial charge is 0.444 e. The van der Waals surface area contributed by atoms with Gasteiger partial charge < -0.3 is 15.4 Å². The van der Waals surface area contributed by atoms with E-state index in [9.17, 15) is 4.79 Å². The summed E-state index contributed by atoms with van der Waals surface area (Å²) in [6.45, 7) is 6.72. The second kappa shape index (κ2) is 10.2. The SMILES string of the molecule is CC(C)(C)OC(=O)N1CC(SC(c2ccccc2)(c2ccccc2)c2ccccc2)CC1CN. The molecule has 0 saturated carbocycles. The zero-order valence-corrected chi connectivity index (χ0v) is 21.0. The van der Waals surface area contributed by atoms with Gasteiger partial charge in [0.05, 0.1) is 4.75 Å². The number of nitrogens with zero attached hydrogens (tertiary/aromatic N) is 1. The van der Waals surface area contributed by atoms with Crippen molar-refractivity contribution < 1.29 is 9.53 Å². The van der Waals surface area contributed by atoms with E-state index in [-0.39, 0.29) is 17.4 Å². The minimum Gasteiger partial charge on any atom is -0.444 e. The molecule has 4 rings (SSSR count). The lowest BCUT2D eigenvalue weighted by atomic mass is 9.84. The predicted molar refractivity (Wildman–Crippen MR) is 141 cm³/mol. The summed E-state index contributed by atoms with van der Waals surface area (Å²) in [4.78, 5) is 14.8. The predicted octanol–water partition coefficient (Wildman–Crippen LogP) is 6.05. The summed E-state index contributed by atoms with van der Waals surface area (Å²) in [5.41, 5.74) is 9.25. The third-order valence-corrected chi connectivity index (χ3v) is 7.90. The Labute approximate surface area is 207 Å². The normalized spacial score (nSPS) is 18.6. The van der Waals surface area contributed by atoms with Crippen LogP contribution in [0.5, 0.6) is 0 Å². The molecule has 3 aromatic carbocycles. The molecule has 0 aliphatic carbocycles. The van der Waals surface area contributed by atoms with Crippen LogP contribution in [-0.4, -0.2) is 41.0 Å². The summed E-state index contributed by atoms with van der Waals surface area (Å²) in [7, 11) is 0. The number of thioether (sulfide) groups is 1. The van der Waals surface area contributed by atoms with Gasteiger partial charge in [0.2, 0.25) is 0 Å². The molecule has 1 fully saturated rings. The van der Waals surface area contributed by atoms with Crippen molar-refractivity contribution in [1.82, 2.24) is 4.90 Å². The van der Waals surface area contributed by atoms with Gasteiger partial charge in [0, 0.05) is 24.4 Å². The van der Waals surface area contributed by atoms with Crippen molar-refractivity contribution >= 4 is 17.9 Å². The Kier molecular flexibility index (Phi) is 7.34. The number of hydrogen-bond donors (Lipinski definition) is 1. The highest BCUT2D eigenvalue weighted by atomic mass is 32.2. The second-order valence-corrected chi connectivity index (χ2v) is 11.3. The molecule has 0 aromatic heterocycles. The number of carbonyl (C=O) groups is 1. The van der Waals surface area contributed by atoms with Gasteiger partial charge in [-0.05, 0) is 43.9 Å². The van der Waals surface area contributed by atoms with Gasteiger partial charge >= 0.3 is 6.09 Å². The molecule has 34 heavy (non-hydrogen) atoms. The molecule has 178 valence electrons. The molecule has 0 radical (unpaired) electrons. The van der Waals surface area contributed by atoms with E-state index in [1.807, 2.05) is 37.4 Å². The lowest BCUT2D eigenvalue weighted by molar-refractivity contribution is 0.0232. The van der Waals surface area contributed by atoms with Gasteiger partial charge in [-0.2, -0.15) is 0 Å². The maximum Gasteiger partial charge on any atom is 0.410 e. The summed E-state index contributed by atoms with van der Waals surface area (Å²) < 4.78 is 5.29. The zero-order chi connectivity index (χ0) is 24.2. The van der Waals surface area contributed by atoms with E-state index in [1.54, 1.807) is 0 Å². The monoisotopic (exact) mass is 474 g/mol. The number of likely N-dealkylation sites (tertiary alicyclic amines) is 1. The topological polar surface area (TPSA) is 55.6 Å².